The predicted octanol–water partition coefficient (Wildman–Crippen LogP) is 6.14. The smallest absolute Gasteiger partial charge is 0.272 e. The van der Waals surface area contributed by atoms with Gasteiger partial charge in [0.2, 0.25) is 0 Å². The number of methoxy groups -OCH3 is 1. The second kappa shape index (κ2) is 11.4. The molecule has 5 fully saturated rings. The van der Waals surface area contributed by atoms with Gasteiger partial charge in [-0.15, -0.1) is 0 Å². The van der Waals surface area contributed by atoms with Gasteiger partial charge in [0.1, 0.15) is 12.2 Å². The highest BCUT2D eigenvalue weighted by Gasteiger charge is 2.66. The predicted molar refractivity (Wildman–Crippen MR) is 155 cm³/mol. The maximum Gasteiger partial charge on any atom is 0.272 e. The summed E-state index contributed by atoms with van der Waals surface area (Å²) in [4.78, 5) is 3.01. The third-order valence-electron chi connectivity index (χ3n) is 12.2. The number of fused-ring (bicyclic) bond motifs is 6. The second-order valence-corrected chi connectivity index (χ2v) is 14.0. The molecule has 10 heteroatoms. The molecule has 4 aliphatic carbocycles. The van der Waals surface area contributed by atoms with E-state index in [1.807, 2.05) is 20.1 Å². The van der Waals surface area contributed by atoms with Crippen molar-refractivity contribution in [2.24, 2.45) is 33.7 Å². The topological polar surface area (TPSA) is 124 Å². The number of aliphatic hydroxyl groups is 1. The van der Waals surface area contributed by atoms with Crippen molar-refractivity contribution < 1.29 is 33.5 Å². The average molecular weight is 588 g/mol. The van der Waals surface area contributed by atoms with E-state index in [1.165, 1.54) is 11.1 Å². The van der Waals surface area contributed by atoms with E-state index in [0.717, 1.165) is 51.4 Å². The van der Waals surface area contributed by atoms with Crippen LogP contribution in [0.15, 0.2) is 28.6 Å². The van der Waals surface area contributed by atoms with Gasteiger partial charge >= 0.3 is 0 Å². The fraction of sp³-hybridized carbons (Fsp3) is 0.875. The van der Waals surface area contributed by atoms with Crippen LogP contribution in [0.25, 0.3) is 10.4 Å². The fourth-order valence-electron chi connectivity index (χ4n) is 10.1. The summed E-state index contributed by atoms with van der Waals surface area (Å²) >= 11 is 0. The molecule has 0 aromatic heterocycles. The van der Waals surface area contributed by atoms with Crippen molar-refractivity contribution in [2.75, 3.05) is 13.7 Å². The quantitative estimate of drug-likeness (QED) is 0.125. The molecule has 6 rings (SSSR count). The molecule has 0 bridgehead atoms. The second-order valence-electron chi connectivity index (χ2n) is 14.0. The molecule has 13 atom stereocenters. The molecule has 2 aliphatic heterocycles. The number of rotatable bonds is 7. The molecule has 10 nitrogen and oxygen atoms in total. The van der Waals surface area contributed by atoms with Gasteiger partial charge in [0.25, 0.3) is 6.48 Å². The zero-order valence-electron chi connectivity index (χ0n) is 26.0. The van der Waals surface area contributed by atoms with Crippen LogP contribution in [-0.2, 0) is 28.4 Å². The molecule has 0 spiro atoms. The molecule has 3 unspecified atom stereocenters. The first-order valence-corrected chi connectivity index (χ1v) is 16.0. The van der Waals surface area contributed by atoms with Gasteiger partial charge in [0.05, 0.1) is 37.2 Å². The van der Waals surface area contributed by atoms with E-state index in [1.54, 1.807) is 7.11 Å². The van der Waals surface area contributed by atoms with E-state index >= 15 is 0 Å². The van der Waals surface area contributed by atoms with Crippen molar-refractivity contribution in [3.63, 3.8) is 0 Å². The summed E-state index contributed by atoms with van der Waals surface area (Å²) in [5, 5.41) is 16.4. The lowest BCUT2D eigenvalue weighted by Gasteiger charge is -2.62. The Labute approximate surface area is 249 Å². The summed E-state index contributed by atoms with van der Waals surface area (Å²) in [6.45, 7) is 10.3. The van der Waals surface area contributed by atoms with Crippen LogP contribution in [0.5, 0.6) is 0 Å². The molecule has 0 aromatic carbocycles. The number of ether oxygens (including phenoxy) is 6. The Morgan fingerprint density at radius 1 is 1.12 bits per heavy atom. The number of hydrogen-bond acceptors (Lipinski definition) is 8. The molecule has 6 aliphatic rings. The third kappa shape index (κ3) is 4.64. The first-order chi connectivity index (χ1) is 20.1. The lowest BCUT2D eigenvalue weighted by Crippen LogP contribution is -2.61. The summed E-state index contributed by atoms with van der Waals surface area (Å²) in [5.74, 6) is 1.12. The van der Waals surface area contributed by atoms with Gasteiger partial charge in [0.15, 0.2) is 6.29 Å². The Morgan fingerprint density at radius 3 is 2.64 bits per heavy atom. The van der Waals surface area contributed by atoms with E-state index in [-0.39, 0.29) is 23.0 Å². The third-order valence-corrected chi connectivity index (χ3v) is 12.2. The van der Waals surface area contributed by atoms with Crippen LogP contribution in [0.4, 0.5) is 0 Å². The molecule has 0 radical (unpaired) electrons. The Balaban J connectivity index is 1.19. The molecule has 1 N–H and O–H groups in total. The molecule has 3 saturated carbocycles. The Hall–Kier alpha value is -1.65. The zero-order valence-corrected chi connectivity index (χ0v) is 26.0. The van der Waals surface area contributed by atoms with Gasteiger partial charge in [-0.1, -0.05) is 30.6 Å². The zero-order chi connectivity index (χ0) is 29.9. The Kier molecular flexibility index (Phi) is 8.22. The van der Waals surface area contributed by atoms with E-state index in [0.29, 0.717) is 24.4 Å². The minimum atomic E-state index is -0.837. The van der Waals surface area contributed by atoms with Crippen LogP contribution in [0, 0.1) is 28.6 Å². The summed E-state index contributed by atoms with van der Waals surface area (Å²) in [6, 6.07) is -0.527. The van der Waals surface area contributed by atoms with Gasteiger partial charge in [-0.2, -0.15) is 0 Å². The first-order valence-electron chi connectivity index (χ1n) is 16.0. The molecule has 2 heterocycles. The first kappa shape index (κ1) is 30.4. The summed E-state index contributed by atoms with van der Waals surface area (Å²) in [5.41, 5.74) is 11.1. The van der Waals surface area contributed by atoms with E-state index < -0.39 is 36.6 Å². The number of hydrogen-bond donors (Lipinski definition) is 1. The maximum absolute atomic E-state index is 12.5. The highest BCUT2D eigenvalue weighted by molar-refractivity contribution is 5.29. The molecular weight excluding hydrogens is 538 g/mol. The Bertz CT molecular complexity index is 1140. The van der Waals surface area contributed by atoms with Gasteiger partial charge < -0.3 is 33.5 Å². The minimum absolute atomic E-state index is 0.0538. The molecular formula is C32H49N3O7. The maximum atomic E-state index is 12.5. The SMILES string of the molecule is CCOC1O[C@@H]2[C@@H](N=[N+]=[N-])[C@H](C)O[C@@H](O[C@@H]3C=C4CCC5C(CC[C@]6(C)[C@@H](C(C)=COC)CC[C@]56O)[C@@]4(C)CC3)[C@@H]2O1. The van der Waals surface area contributed by atoms with Crippen LogP contribution in [-0.4, -0.2) is 67.6 Å². The molecule has 234 valence electrons. The van der Waals surface area contributed by atoms with E-state index in [4.69, 9.17) is 34.0 Å². The van der Waals surface area contributed by atoms with Crippen LogP contribution in [0.3, 0.4) is 0 Å². The lowest BCUT2D eigenvalue weighted by molar-refractivity contribution is -0.276. The van der Waals surface area contributed by atoms with Crippen LogP contribution >= 0.6 is 0 Å². The van der Waals surface area contributed by atoms with Crippen molar-refractivity contribution >= 4 is 0 Å². The van der Waals surface area contributed by atoms with Crippen molar-refractivity contribution in [3.8, 4) is 0 Å². The standard InChI is InChI=1S/C32H49N3O7/c1-7-38-29-41-26-25(34-35-33)19(3)39-28(27(26)42-29)40-21-10-13-30(4)20(16-21)8-9-24-23(30)11-14-31(5)22(18(2)17-37-6)12-15-32(24,31)36/h16-17,19,21-29,36H,7-15H2,1-6H3/t19-,21-,22+,23?,24?,25-,26+,27+,28-,29?,30-,31+,32-/m0/s1. The number of azide groups is 1. The monoisotopic (exact) mass is 587 g/mol. The largest absolute Gasteiger partial charge is 0.504 e. The van der Waals surface area contributed by atoms with Crippen LogP contribution < -0.4 is 0 Å². The lowest BCUT2D eigenvalue weighted by atomic mass is 9.45. The molecule has 0 amide bonds. The fourth-order valence-corrected chi connectivity index (χ4v) is 10.1. The van der Waals surface area contributed by atoms with Crippen molar-refractivity contribution in [3.05, 3.63) is 33.9 Å². The normalized spacial score (nSPS) is 50.1. The summed E-state index contributed by atoms with van der Waals surface area (Å²) in [6.07, 6.45) is 9.95. The minimum Gasteiger partial charge on any atom is -0.504 e. The van der Waals surface area contributed by atoms with Crippen molar-refractivity contribution in [1.29, 1.82) is 0 Å². The highest BCUT2D eigenvalue weighted by Crippen LogP contribution is 2.69. The van der Waals surface area contributed by atoms with Gasteiger partial charge in [-0.05, 0) is 106 Å². The van der Waals surface area contributed by atoms with Crippen molar-refractivity contribution in [1.82, 2.24) is 0 Å². The highest BCUT2D eigenvalue weighted by atomic mass is 16.9. The molecule has 2 saturated heterocycles. The number of allylic oxidation sites excluding steroid dienone is 2. The van der Waals surface area contributed by atoms with Crippen LogP contribution in [0.1, 0.15) is 86.0 Å². The molecule has 0 aromatic rings. The van der Waals surface area contributed by atoms with E-state index in [9.17, 15) is 5.11 Å². The molecule has 42 heavy (non-hydrogen) atoms. The van der Waals surface area contributed by atoms with Gasteiger partial charge in [-0.25, -0.2) is 0 Å². The van der Waals surface area contributed by atoms with Gasteiger partial charge in [0, 0.05) is 16.9 Å². The van der Waals surface area contributed by atoms with E-state index in [2.05, 4.69) is 36.9 Å². The van der Waals surface area contributed by atoms with Crippen molar-refractivity contribution in [2.45, 2.75) is 135 Å². The summed E-state index contributed by atoms with van der Waals surface area (Å²) < 4.78 is 35.8. The van der Waals surface area contributed by atoms with Gasteiger partial charge in [-0.3, -0.25) is 0 Å². The van der Waals surface area contributed by atoms with Crippen LogP contribution in [0.2, 0.25) is 0 Å². The Morgan fingerprint density at radius 2 is 1.90 bits per heavy atom. The summed E-state index contributed by atoms with van der Waals surface area (Å²) in [7, 11) is 1.71. The number of nitrogens with zero attached hydrogens (tertiary/aromatic N) is 3. The average Bonchev–Trinajstić information content (AvgIpc) is 3.50.